The summed E-state index contributed by atoms with van der Waals surface area (Å²) in [5, 5.41) is 7.91. The molecule has 3 nitrogen and oxygen atoms in total. The van der Waals surface area contributed by atoms with Crippen LogP contribution in [0.3, 0.4) is 0 Å². The molecule has 0 aliphatic heterocycles. The Hall–Kier alpha value is -0.830. The van der Waals surface area contributed by atoms with Crippen molar-refractivity contribution in [1.29, 1.82) is 0 Å². The van der Waals surface area contributed by atoms with Crippen molar-refractivity contribution in [2.45, 2.75) is 45.7 Å². The molecule has 1 fully saturated rings. The minimum absolute atomic E-state index is 0.713. The fourth-order valence-corrected chi connectivity index (χ4v) is 2.10. The van der Waals surface area contributed by atoms with E-state index >= 15 is 0 Å². The number of hydrogen-bond acceptors (Lipinski definition) is 2. The number of aromatic nitrogens is 2. The molecular weight excluding hydrogens is 186 g/mol. The molecule has 1 aliphatic rings. The lowest BCUT2D eigenvalue weighted by Gasteiger charge is -2.15. The zero-order chi connectivity index (χ0) is 10.8. The van der Waals surface area contributed by atoms with Crippen LogP contribution in [-0.2, 0) is 13.6 Å². The summed E-state index contributed by atoms with van der Waals surface area (Å²) in [6.45, 7) is 5.36. The fraction of sp³-hybridized carbons (Fsp3) is 0.750. The first-order valence-electron chi connectivity index (χ1n) is 5.93. The Bertz CT molecular complexity index is 326. The number of hydrogen-bond donors (Lipinski definition) is 1. The van der Waals surface area contributed by atoms with Crippen LogP contribution in [-0.4, -0.2) is 15.8 Å². The van der Waals surface area contributed by atoms with Gasteiger partial charge in [-0.25, -0.2) is 0 Å². The molecule has 1 unspecified atom stereocenters. The third-order valence-electron chi connectivity index (χ3n) is 3.52. The summed E-state index contributed by atoms with van der Waals surface area (Å²) in [7, 11) is 2.00. The lowest BCUT2D eigenvalue weighted by Crippen LogP contribution is -2.29. The van der Waals surface area contributed by atoms with E-state index in [2.05, 4.69) is 24.3 Å². The molecule has 0 radical (unpaired) electrons. The molecule has 0 amide bonds. The Morgan fingerprint density at radius 1 is 1.60 bits per heavy atom. The van der Waals surface area contributed by atoms with E-state index in [0.29, 0.717) is 6.04 Å². The second kappa shape index (κ2) is 4.35. The van der Waals surface area contributed by atoms with Crippen LogP contribution in [0.1, 0.15) is 37.4 Å². The number of rotatable bonds is 5. The maximum absolute atomic E-state index is 4.26. The molecule has 1 heterocycles. The van der Waals surface area contributed by atoms with E-state index in [-0.39, 0.29) is 0 Å². The lowest BCUT2D eigenvalue weighted by molar-refractivity contribution is 0.448. The predicted octanol–water partition coefficient (Wildman–Crippen LogP) is 2.01. The monoisotopic (exact) mass is 207 g/mol. The van der Waals surface area contributed by atoms with Crippen molar-refractivity contribution in [1.82, 2.24) is 15.1 Å². The number of nitrogens with one attached hydrogen (secondary N) is 1. The summed E-state index contributed by atoms with van der Waals surface area (Å²) in [5.41, 5.74) is 2.60. The average molecular weight is 207 g/mol. The molecule has 1 aromatic rings. The zero-order valence-electron chi connectivity index (χ0n) is 9.95. The summed E-state index contributed by atoms with van der Waals surface area (Å²) in [4.78, 5) is 0. The molecule has 1 aliphatic carbocycles. The van der Waals surface area contributed by atoms with Gasteiger partial charge >= 0.3 is 0 Å². The molecule has 1 aromatic heterocycles. The lowest BCUT2D eigenvalue weighted by atomic mass is 10.1. The zero-order valence-corrected chi connectivity index (χ0v) is 9.95. The highest BCUT2D eigenvalue weighted by Crippen LogP contribution is 2.34. The number of aryl methyl sites for hydroxylation is 1. The molecule has 0 saturated heterocycles. The van der Waals surface area contributed by atoms with Crippen molar-refractivity contribution in [3.63, 3.8) is 0 Å². The normalized spacial score (nSPS) is 18.1. The van der Waals surface area contributed by atoms with Crippen LogP contribution in [0.2, 0.25) is 0 Å². The molecule has 0 spiro atoms. The van der Waals surface area contributed by atoms with E-state index in [1.54, 1.807) is 0 Å². The van der Waals surface area contributed by atoms with E-state index < -0.39 is 0 Å². The smallest absolute Gasteiger partial charge is 0.0537 e. The average Bonchev–Trinajstić information content (AvgIpc) is 3.01. The Morgan fingerprint density at radius 2 is 2.33 bits per heavy atom. The second-order valence-corrected chi connectivity index (χ2v) is 4.61. The Labute approximate surface area is 91.9 Å². The SMILES string of the molecule is CCC(NCc1cnn(C)c1C)C1CC1. The highest BCUT2D eigenvalue weighted by atomic mass is 15.3. The second-order valence-electron chi connectivity index (χ2n) is 4.61. The first-order valence-corrected chi connectivity index (χ1v) is 5.93. The van der Waals surface area contributed by atoms with E-state index in [1.165, 1.54) is 30.5 Å². The van der Waals surface area contributed by atoms with Gasteiger partial charge in [0.2, 0.25) is 0 Å². The first kappa shape index (κ1) is 10.7. The van der Waals surface area contributed by atoms with Crippen LogP contribution in [0.4, 0.5) is 0 Å². The summed E-state index contributed by atoms with van der Waals surface area (Å²) in [6.07, 6.45) is 6.04. The maximum Gasteiger partial charge on any atom is 0.0537 e. The van der Waals surface area contributed by atoms with E-state index in [9.17, 15) is 0 Å². The summed E-state index contributed by atoms with van der Waals surface area (Å²) in [5.74, 6) is 0.937. The molecule has 1 atom stereocenters. The topological polar surface area (TPSA) is 29.9 Å². The van der Waals surface area contributed by atoms with Crippen molar-refractivity contribution < 1.29 is 0 Å². The van der Waals surface area contributed by atoms with Gasteiger partial charge in [0.25, 0.3) is 0 Å². The van der Waals surface area contributed by atoms with Crippen molar-refractivity contribution in [2.75, 3.05) is 0 Å². The molecule has 3 heteroatoms. The third-order valence-corrected chi connectivity index (χ3v) is 3.52. The van der Waals surface area contributed by atoms with Gasteiger partial charge in [-0.2, -0.15) is 5.10 Å². The van der Waals surface area contributed by atoms with E-state index in [4.69, 9.17) is 0 Å². The summed E-state index contributed by atoms with van der Waals surface area (Å²) >= 11 is 0. The molecule has 84 valence electrons. The van der Waals surface area contributed by atoms with Crippen LogP contribution in [0.5, 0.6) is 0 Å². The van der Waals surface area contributed by atoms with Crippen molar-refractivity contribution >= 4 is 0 Å². The Kier molecular flexibility index (Phi) is 3.10. The van der Waals surface area contributed by atoms with Gasteiger partial charge in [0.15, 0.2) is 0 Å². The van der Waals surface area contributed by atoms with E-state index in [1.807, 2.05) is 17.9 Å². The molecule has 1 saturated carbocycles. The Balaban J connectivity index is 1.88. The minimum Gasteiger partial charge on any atom is -0.310 e. The minimum atomic E-state index is 0.713. The molecule has 0 bridgehead atoms. The molecule has 0 aromatic carbocycles. The summed E-state index contributed by atoms with van der Waals surface area (Å²) < 4.78 is 1.94. The van der Waals surface area contributed by atoms with Crippen LogP contribution in [0.15, 0.2) is 6.20 Å². The van der Waals surface area contributed by atoms with Gasteiger partial charge in [-0.1, -0.05) is 6.92 Å². The van der Waals surface area contributed by atoms with Gasteiger partial charge in [-0.05, 0) is 32.1 Å². The molecular formula is C12H21N3. The predicted molar refractivity (Wildman–Crippen MR) is 61.6 cm³/mol. The maximum atomic E-state index is 4.26. The highest BCUT2D eigenvalue weighted by molar-refractivity contribution is 5.15. The van der Waals surface area contributed by atoms with Crippen molar-refractivity contribution in [2.24, 2.45) is 13.0 Å². The van der Waals surface area contributed by atoms with Gasteiger partial charge in [-0.3, -0.25) is 4.68 Å². The standard InChI is InChI=1S/C12H21N3/c1-4-12(10-5-6-10)13-7-11-8-14-15(3)9(11)2/h8,10,12-13H,4-7H2,1-3H3. The van der Waals surface area contributed by atoms with Gasteiger partial charge < -0.3 is 5.32 Å². The Morgan fingerprint density at radius 3 is 2.80 bits per heavy atom. The van der Waals surface area contributed by atoms with Crippen molar-refractivity contribution in [3.05, 3.63) is 17.5 Å². The number of nitrogens with zero attached hydrogens (tertiary/aromatic N) is 2. The van der Waals surface area contributed by atoms with Gasteiger partial charge in [0.05, 0.1) is 6.20 Å². The highest BCUT2D eigenvalue weighted by Gasteiger charge is 2.29. The van der Waals surface area contributed by atoms with Gasteiger partial charge in [-0.15, -0.1) is 0 Å². The van der Waals surface area contributed by atoms with Crippen LogP contribution >= 0.6 is 0 Å². The summed E-state index contributed by atoms with van der Waals surface area (Å²) in [6, 6.07) is 0.713. The molecule has 2 rings (SSSR count). The first-order chi connectivity index (χ1) is 7.22. The van der Waals surface area contributed by atoms with Crippen LogP contribution in [0, 0.1) is 12.8 Å². The largest absolute Gasteiger partial charge is 0.310 e. The third kappa shape index (κ3) is 2.40. The van der Waals surface area contributed by atoms with Gasteiger partial charge in [0, 0.05) is 30.9 Å². The quantitative estimate of drug-likeness (QED) is 0.800. The van der Waals surface area contributed by atoms with Gasteiger partial charge in [0.1, 0.15) is 0 Å². The molecule has 15 heavy (non-hydrogen) atoms. The molecule has 1 N–H and O–H groups in total. The van der Waals surface area contributed by atoms with E-state index in [0.717, 1.165) is 12.5 Å². The van der Waals surface area contributed by atoms with Crippen molar-refractivity contribution in [3.8, 4) is 0 Å². The van der Waals surface area contributed by atoms with Crippen LogP contribution in [0.25, 0.3) is 0 Å². The fourth-order valence-electron chi connectivity index (χ4n) is 2.10. The van der Waals surface area contributed by atoms with Crippen LogP contribution < -0.4 is 5.32 Å².